The number of non-ortho nitro benzene ring substituents is 1. The van der Waals surface area contributed by atoms with Crippen LogP contribution in [0.3, 0.4) is 0 Å². The number of nitro groups is 1. The average Bonchev–Trinajstić information content (AvgIpc) is 3.41. The van der Waals surface area contributed by atoms with Crippen molar-refractivity contribution in [3.05, 3.63) is 100 Å². The highest BCUT2D eigenvalue weighted by Gasteiger charge is 2.23. The van der Waals surface area contributed by atoms with E-state index in [2.05, 4.69) is 10.1 Å². The fourth-order valence-corrected chi connectivity index (χ4v) is 3.08. The number of nitro benzene ring substituents is 1. The first-order valence-electron chi connectivity index (χ1n) is 9.05. The molecule has 0 saturated carbocycles. The largest absolute Gasteiger partial charge is 0.463 e. The van der Waals surface area contributed by atoms with Gasteiger partial charge in [0.15, 0.2) is 11.5 Å². The van der Waals surface area contributed by atoms with Crippen LogP contribution in [0, 0.1) is 17.0 Å². The van der Waals surface area contributed by atoms with E-state index in [1.54, 1.807) is 66.5 Å². The van der Waals surface area contributed by atoms with Crippen LogP contribution in [0.2, 0.25) is 0 Å². The van der Waals surface area contributed by atoms with Gasteiger partial charge in [-0.3, -0.25) is 19.9 Å². The maximum atomic E-state index is 13.1. The van der Waals surface area contributed by atoms with Gasteiger partial charge < -0.3 is 4.42 Å². The quantitative estimate of drug-likeness (QED) is 0.202. The number of furan rings is 1. The molecule has 0 amide bonds. The minimum absolute atomic E-state index is 0.0219. The number of pyridine rings is 1. The van der Waals surface area contributed by atoms with Crippen molar-refractivity contribution in [1.82, 2.24) is 14.8 Å². The first-order chi connectivity index (χ1) is 14.5. The number of allylic oxidation sites excluding steroid dienone is 1. The highest BCUT2D eigenvalue weighted by atomic mass is 16.6. The summed E-state index contributed by atoms with van der Waals surface area (Å²) in [6, 6.07) is 13.0. The zero-order valence-corrected chi connectivity index (χ0v) is 15.9. The molecule has 0 aliphatic carbocycles. The van der Waals surface area contributed by atoms with Gasteiger partial charge in [0, 0.05) is 24.5 Å². The third-order valence-corrected chi connectivity index (χ3v) is 4.56. The molecular formula is C22H16N4O4. The molecular weight excluding hydrogens is 384 g/mol. The van der Waals surface area contributed by atoms with E-state index >= 15 is 0 Å². The van der Waals surface area contributed by atoms with E-state index in [4.69, 9.17) is 4.42 Å². The lowest BCUT2D eigenvalue weighted by molar-refractivity contribution is -0.384. The molecule has 4 aromatic rings. The Kier molecular flexibility index (Phi) is 5.04. The second-order valence-corrected chi connectivity index (χ2v) is 6.45. The van der Waals surface area contributed by atoms with Crippen molar-refractivity contribution in [2.75, 3.05) is 0 Å². The first kappa shape index (κ1) is 19.0. The summed E-state index contributed by atoms with van der Waals surface area (Å²) in [5.74, 6) is 0.225. The van der Waals surface area contributed by atoms with Crippen LogP contribution in [-0.4, -0.2) is 25.5 Å². The molecule has 0 fully saturated rings. The third kappa shape index (κ3) is 3.66. The Labute approximate surface area is 171 Å². The summed E-state index contributed by atoms with van der Waals surface area (Å²) in [5, 5.41) is 15.5. The molecule has 0 saturated heterocycles. The van der Waals surface area contributed by atoms with Crippen molar-refractivity contribution < 1.29 is 14.1 Å². The van der Waals surface area contributed by atoms with E-state index < -0.39 is 4.92 Å². The number of benzene rings is 1. The highest BCUT2D eigenvalue weighted by molar-refractivity contribution is 6.11. The normalized spacial score (nSPS) is 11.1. The van der Waals surface area contributed by atoms with Crippen LogP contribution in [0.25, 0.3) is 23.2 Å². The molecule has 0 N–H and O–H groups in total. The van der Waals surface area contributed by atoms with Gasteiger partial charge in [-0.25, -0.2) is 4.68 Å². The molecule has 8 heteroatoms. The fourth-order valence-electron chi connectivity index (χ4n) is 3.08. The molecule has 4 rings (SSSR count). The number of carbonyl (C=O) groups is 1. The Hall–Kier alpha value is -4.33. The van der Waals surface area contributed by atoms with E-state index in [0.29, 0.717) is 28.4 Å². The molecule has 0 radical (unpaired) electrons. The lowest BCUT2D eigenvalue weighted by atomic mass is 10.1. The van der Waals surface area contributed by atoms with Crippen molar-refractivity contribution in [1.29, 1.82) is 0 Å². The summed E-state index contributed by atoms with van der Waals surface area (Å²) < 4.78 is 7.06. The van der Waals surface area contributed by atoms with Crippen molar-refractivity contribution in [2.24, 2.45) is 0 Å². The van der Waals surface area contributed by atoms with Gasteiger partial charge in [0.05, 0.1) is 28.1 Å². The summed E-state index contributed by atoms with van der Waals surface area (Å²) in [7, 11) is 0. The SMILES string of the molecule is Cc1c(C(=O)/C=C/c2ccncc2)c(-c2ccco2)nn1-c1ccc([N+](=O)[O-])cc1. The topological polar surface area (TPSA) is 104 Å². The summed E-state index contributed by atoms with van der Waals surface area (Å²) in [6.45, 7) is 1.77. The van der Waals surface area contributed by atoms with Crippen molar-refractivity contribution in [2.45, 2.75) is 6.92 Å². The van der Waals surface area contributed by atoms with Gasteiger partial charge in [0.1, 0.15) is 5.69 Å². The second kappa shape index (κ2) is 7.96. The van der Waals surface area contributed by atoms with E-state index in [1.807, 2.05) is 0 Å². The number of ketones is 1. The molecule has 0 spiro atoms. The number of nitrogens with zero attached hydrogens (tertiary/aromatic N) is 4. The molecule has 0 aliphatic rings. The predicted molar refractivity (Wildman–Crippen MR) is 110 cm³/mol. The van der Waals surface area contributed by atoms with Gasteiger partial charge in [0.25, 0.3) is 5.69 Å². The third-order valence-electron chi connectivity index (χ3n) is 4.56. The van der Waals surface area contributed by atoms with Gasteiger partial charge in [-0.1, -0.05) is 6.08 Å². The molecule has 3 aromatic heterocycles. The van der Waals surface area contributed by atoms with Crippen LogP contribution in [0.1, 0.15) is 21.6 Å². The Balaban J connectivity index is 1.78. The van der Waals surface area contributed by atoms with Crippen LogP contribution < -0.4 is 0 Å². The molecule has 0 unspecified atom stereocenters. The molecule has 30 heavy (non-hydrogen) atoms. The van der Waals surface area contributed by atoms with Crippen molar-refractivity contribution >= 4 is 17.5 Å². The van der Waals surface area contributed by atoms with Crippen LogP contribution in [0.15, 0.2) is 77.7 Å². The van der Waals surface area contributed by atoms with Crippen LogP contribution in [0.4, 0.5) is 5.69 Å². The smallest absolute Gasteiger partial charge is 0.269 e. The lowest BCUT2D eigenvalue weighted by Gasteiger charge is -2.04. The molecule has 3 heterocycles. The standard InChI is InChI=1S/C22H16N4O4/c1-15-21(19(27)9-4-16-10-12-23-13-11-16)22(20-3-2-14-30-20)24-25(15)17-5-7-18(8-6-17)26(28)29/h2-14H,1H3/b9-4+. The minimum Gasteiger partial charge on any atom is -0.463 e. The van der Waals surface area contributed by atoms with Crippen molar-refractivity contribution in [3.8, 4) is 17.1 Å². The Morgan fingerprint density at radius 2 is 1.87 bits per heavy atom. The van der Waals surface area contributed by atoms with E-state index in [9.17, 15) is 14.9 Å². The number of carbonyl (C=O) groups excluding carboxylic acids is 1. The summed E-state index contributed by atoms with van der Waals surface area (Å²) >= 11 is 0. The Bertz CT molecular complexity index is 1220. The second-order valence-electron chi connectivity index (χ2n) is 6.45. The van der Waals surface area contributed by atoms with Gasteiger partial charge in [-0.05, 0) is 55.0 Å². The average molecular weight is 400 g/mol. The number of hydrogen-bond acceptors (Lipinski definition) is 6. The molecule has 8 nitrogen and oxygen atoms in total. The van der Waals surface area contributed by atoms with Crippen LogP contribution in [0.5, 0.6) is 0 Å². The zero-order valence-electron chi connectivity index (χ0n) is 15.9. The predicted octanol–water partition coefficient (Wildman–Crippen LogP) is 4.64. The van der Waals surface area contributed by atoms with Gasteiger partial charge in [-0.2, -0.15) is 5.10 Å². The summed E-state index contributed by atoms with van der Waals surface area (Å²) in [5.41, 5.74) is 2.82. The van der Waals surface area contributed by atoms with Crippen molar-refractivity contribution in [3.63, 3.8) is 0 Å². The highest BCUT2D eigenvalue weighted by Crippen LogP contribution is 2.29. The zero-order chi connectivity index (χ0) is 21.1. The van der Waals surface area contributed by atoms with Crippen LogP contribution >= 0.6 is 0 Å². The van der Waals surface area contributed by atoms with E-state index in [1.165, 1.54) is 24.5 Å². The summed E-state index contributed by atoms with van der Waals surface area (Å²) in [4.78, 5) is 27.5. The lowest BCUT2D eigenvalue weighted by Crippen LogP contribution is -2.02. The maximum absolute atomic E-state index is 13.1. The first-order valence-corrected chi connectivity index (χ1v) is 9.05. The van der Waals surface area contributed by atoms with Gasteiger partial charge in [-0.15, -0.1) is 0 Å². The summed E-state index contributed by atoms with van der Waals surface area (Å²) in [6.07, 6.45) is 7.99. The molecule has 0 bridgehead atoms. The monoisotopic (exact) mass is 400 g/mol. The van der Waals surface area contributed by atoms with Crippen LogP contribution in [-0.2, 0) is 0 Å². The fraction of sp³-hybridized carbons (Fsp3) is 0.0455. The maximum Gasteiger partial charge on any atom is 0.269 e. The number of rotatable bonds is 6. The molecule has 148 valence electrons. The number of hydrogen-bond donors (Lipinski definition) is 0. The molecule has 1 aromatic carbocycles. The Morgan fingerprint density at radius 1 is 1.13 bits per heavy atom. The van der Waals surface area contributed by atoms with E-state index in [0.717, 1.165) is 5.56 Å². The molecule has 0 atom stereocenters. The Morgan fingerprint density at radius 3 is 2.50 bits per heavy atom. The van der Waals surface area contributed by atoms with Gasteiger partial charge >= 0.3 is 0 Å². The minimum atomic E-state index is -0.465. The van der Waals surface area contributed by atoms with Gasteiger partial charge in [0.2, 0.25) is 0 Å². The molecule has 0 aliphatic heterocycles. The van der Waals surface area contributed by atoms with E-state index in [-0.39, 0.29) is 11.5 Å². The number of aromatic nitrogens is 3.